The van der Waals surface area contributed by atoms with E-state index in [1.165, 1.54) is 0 Å². The van der Waals surface area contributed by atoms with Crippen LogP contribution in [0.2, 0.25) is 5.15 Å². The van der Waals surface area contributed by atoms with Crippen LogP contribution in [-0.2, 0) is 11.2 Å². The van der Waals surface area contributed by atoms with Crippen molar-refractivity contribution in [2.45, 2.75) is 13.3 Å². The van der Waals surface area contributed by atoms with Crippen LogP contribution in [-0.4, -0.2) is 21.5 Å². The maximum atomic E-state index is 11.0. The summed E-state index contributed by atoms with van der Waals surface area (Å²) in [4.78, 5) is 19.0. The van der Waals surface area contributed by atoms with Crippen LogP contribution in [0.25, 0.3) is 0 Å². The normalized spacial score (nSPS) is 10.1. The van der Waals surface area contributed by atoms with E-state index < -0.39 is 0 Å². The SMILES string of the molecule is Cc1cc(Cl)nc(CC(=O)CS)n1. The number of nitrogens with zero attached hydrogens (tertiary/aromatic N) is 2. The molecule has 3 nitrogen and oxygen atoms in total. The quantitative estimate of drug-likeness (QED) is 0.615. The molecule has 70 valence electrons. The van der Waals surface area contributed by atoms with Gasteiger partial charge in [-0.15, -0.1) is 0 Å². The first-order valence-electron chi connectivity index (χ1n) is 3.74. The molecule has 0 atom stereocenters. The van der Waals surface area contributed by atoms with Gasteiger partial charge < -0.3 is 0 Å². The summed E-state index contributed by atoms with van der Waals surface area (Å²) in [6, 6.07) is 1.65. The van der Waals surface area contributed by atoms with Crippen LogP contribution in [0.3, 0.4) is 0 Å². The van der Waals surface area contributed by atoms with E-state index in [1.54, 1.807) is 6.07 Å². The van der Waals surface area contributed by atoms with Crippen molar-refractivity contribution in [3.63, 3.8) is 0 Å². The second-order valence-corrected chi connectivity index (χ2v) is 3.33. The Morgan fingerprint density at radius 3 is 2.85 bits per heavy atom. The Balaban J connectivity index is 2.83. The fourth-order valence-electron chi connectivity index (χ4n) is 0.900. The lowest BCUT2D eigenvalue weighted by Gasteiger charge is -1.99. The number of aryl methyl sites for hydroxylation is 1. The molecule has 5 heteroatoms. The molecule has 0 aromatic carbocycles. The van der Waals surface area contributed by atoms with Crippen molar-refractivity contribution in [2.24, 2.45) is 0 Å². The van der Waals surface area contributed by atoms with Gasteiger partial charge in [-0.25, -0.2) is 9.97 Å². The molecular formula is C8H9ClN2OS. The predicted octanol–water partition coefficient (Wildman–Crippen LogP) is 1.48. The van der Waals surface area contributed by atoms with Crippen molar-refractivity contribution in [3.05, 3.63) is 22.7 Å². The highest BCUT2D eigenvalue weighted by Crippen LogP contribution is 2.06. The molecule has 0 unspecified atom stereocenters. The summed E-state index contributed by atoms with van der Waals surface area (Å²) in [5.74, 6) is 0.656. The molecule has 0 saturated carbocycles. The Morgan fingerprint density at radius 2 is 2.31 bits per heavy atom. The second kappa shape index (κ2) is 4.58. The Kier molecular flexibility index (Phi) is 3.69. The molecule has 1 aromatic heterocycles. The third kappa shape index (κ3) is 3.32. The highest BCUT2D eigenvalue weighted by Gasteiger charge is 2.05. The van der Waals surface area contributed by atoms with Crippen LogP contribution in [0, 0.1) is 6.92 Å². The summed E-state index contributed by atoms with van der Waals surface area (Å²) in [7, 11) is 0. The van der Waals surface area contributed by atoms with Crippen molar-refractivity contribution in [1.29, 1.82) is 0 Å². The standard InChI is InChI=1S/C8H9ClN2OS/c1-5-2-7(9)11-8(10-5)3-6(12)4-13/h2,13H,3-4H2,1H3. The number of carbonyl (C=O) groups excluding carboxylic acids is 1. The summed E-state index contributed by atoms with van der Waals surface area (Å²) in [5, 5.41) is 0.370. The largest absolute Gasteiger partial charge is 0.298 e. The van der Waals surface area contributed by atoms with Gasteiger partial charge in [0, 0.05) is 11.4 Å². The smallest absolute Gasteiger partial charge is 0.150 e. The Bertz CT molecular complexity index is 310. The Labute approximate surface area is 87.0 Å². The molecule has 1 rings (SSSR count). The monoisotopic (exact) mass is 216 g/mol. The molecule has 0 saturated heterocycles. The molecule has 0 aliphatic heterocycles. The first kappa shape index (κ1) is 10.5. The maximum Gasteiger partial charge on any atom is 0.150 e. The summed E-state index contributed by atoms with van der Waals surface area (Å²) >= 11 is 9.55. The first-order valence-corrected chi connectivity index (χ1v) is 4.75. The first-order chi connectivity index (χ1) is 6.11. The van der Waals surface area contributed by atoms with Crippen molar-refractivity contribution in [3.8, 4) is 0 Å². The van der Waals surface area contributed by atoms with Crippen molar-refractivity contribution >= 4 is 30.0 Å². The van der Waals surface area contributed by atoms with Crippen LogP contribution in [0.1, 0.15) is 11.5 Å². The summed E-state index contributed by atoms with van der Waals surface area (Å²) in [6.45, 7) is 1.81. The maximum absolute atomic E-state index is 11.0. The zero-order chi connectivity index (χ0) is 9.84. The summed E-state index contributed by atoms with van der Waals surface area (Å²) in [5.41, 5.74) is 0.766. The third-order valence-electron chi connectivity index (χ3n) is 1.40. The van der Waals surface area contributed by atoms with Crippen molar-refractivity contribution in [1.82, 2.24) is 9.97 Å². The van der Waals surface area contributed by atoms with Gasteiger partial charge in [0.1, 0.15) is 16.8 Å². The molecule has 0 radical (unpaired) electrons. The average molecular weight is 217 g/mol. The van der Waals surface area contributed by atoms with Gasteiger partial charge in [-0.05, 0) is 13.0 Å². The number of carbonyl (C=O) groups is 1. The summed E-state index contributed by atoms with van der Waals surface area (Å²) < 4.78 is 0. The molecule has 0 N–H and O–H groups in total. The highest BCUT2D eigenvalue weighted by molar-refractivity contribution is 7.81. The number of Topliss-reactive ketones (excluding diaryl/α,β-unsaturated/α-hetero) is 1. The average Bonchev–Trinajstić information content (AvgIpc) is 2.02. The minimum Gasteiger partial charge on any atom is -0.298 e. The van der Waals surface area contributed by atoms with Crippen LogP contribution in [0.15, 0.2) is 6.07 Å². The molecule has 0 bridgehead atoms. The topological polar surface area (TPSA) is 42.9 Å². The molecule has 0 spiro atoms. The second-order valence-electron chi connectivity index (χ2n) is 2.62. The Hall–Kier alpha value is -0.610. The fraction of sp³-hybridized carbons (Fsp3) is 0.375. The van der Waals surface area contributed by atoms with E-state index in [4.69, 9.17) is 11.6 Å². The van der Waals surface area contributed by atoms with Crippen molar-refractivity contribution < 1.29 is 4.79 Å². The number of aromatic nitrogens is 2. The van der Waals surface area contributed by atoms with Gasteiger partial charge in [-0.1, -0.05) is 11.6 Å². The minimum atomic E-state index is -0.00926. The molecule has 0 aliphatic carbocycles. The number of ketones is 1. The van der Waals surface area contributed by atoms with Crippen LogP contribution >= 0.6 is 24.2 Å². The van der Waals surface area contributed by atoms with Gasteiger partial charge in [-0.2, -0.15) is 12.6 Å². The lowest BCUT2D eigenvalue weighted by atomic mass is 10.3. The van der Waals surface area contributed by atoms with E-state index in [0.717, 1.165) is 5.69 Å². The fourth-order valence-corrected chi connectivity index (χ4v) is 1.27. The number of hydrogen-bond donors (Lipinski definition) is 1. The van der Waals surface area contributed by atoms with Crippen LogP contribution in [0.4, 0.5) is 0 Å². The number of rotatable bonds is 3. The van der Waals surface area contributed by atoms with Gasteiger partial charge >= 0.3 is 0 Å². The molecule has 13 heavy (non-hydrogen) atoms. The van der Waals surface area contributed by atoms with Gasteiger partial charge in [0.25, 0.3) is 0 Å². The van der Waals surface area contributed by atoms with Crippen LogP contribution < -0.4 is 0 Å². The number of thiol groups is 1. The lowest BCUT2D eigenvalue weighted by Crippen LogP contribution is -2.08. The van der Waals surface area contributed by atoms with Gasteiger partial charge in [0.15, 0.2) is 0 Å². The molecule has 0 aliphatic rings. The van der Waals surface area contributed by atoms with Gasteiger partial charge in [-0.3, -0.25) is 4.79 Å². The molecule has 0 amide bonds. The van der Waals surface area contributed by atoms with Crippen LogP contribution in [0.5, 0.6) is 0 Å². The molecule has 0 fully saturated rings. The van der Waals surface area contributed by atoms with E-state index in [1.807, 2.05) is 6.92 Å². The van der Waals surface area contributed by atoms with E-state index in [2.05, 4.69) is 22.6 Å². The van der Waals surface area contributed by atoms with Gasteiger partial charge in [0.2, 0.25) is 0 Å². The van der Waals surface area contributed by atoms with E-state index >= 15 is 0 Å². The zero-order valence-electron chi connectivity index (χ0n) is 7.12. The van der Waals surface area contributed by atoms with E-state index in [-0.39, 0.29) is 18.0 Å². The number of halogens is 1. The van der Waals surface area contributed by atoms with E-state index in [9.17, 15) is 4.79 Å². The van der Waals surface area contributed by atoms with Crippen molar-refractivity contribution in [2.75, 3.05) is 5.75 Å². The molecule has 1 heterocycles. The third-order valence-corrected chi connectivity index (χ3v) is 1.95. The summed E-state index contributed by atoms with van der Waals surface area (Å²) in [6.07, 6.45) is 0.199. The minimum absolute atomic E-state index is 0.00926. The molecular weight excluding hydrogens is 208 g/mol. The number of hydrogen-bond acceptors (Lipinski definition) is 4. The molecule has 1 aromatic rings. The zero-order valence-corrected chi connectivity index (χ0v) is 8.77. The van der Waals surface area contributed by atoms with E-state index in [0.29, 0.717) is 11.0 Å². The lowest BCUT2D eigenvalue weighted by molar-refractivity contribution is -0.116. The van der Waals surface area contributed by atoms with Gasteiger partial charge in [0.05, 0.1) is 6.42 Å². The predicted molar refractivity (Wildman–Crippen MR) is 54.3 cm³/mol. The highest BCUT2D eigenvalue weighted by atomic mass is 35.5. The Morgan fingerprint density at radius 1 is 1.62 bits per heavy atom.